The summed E-state index contributed by atoms with van der Waals surface area (Å²) in [4.78, 5) is 23.8. The minimum Gasteiger partial charge on any atom is -0.350 e. The normalized spacial score (nSPS) is 11.7. The topological polar surface area (TPSA) is 71.3 Å². The highest BCUT2D eigenvalue weighted by Crippen LogP contribution is 2.15. The predicted octanol–water partition coefficient (Wildman–Crippen LogP) is 3.22. The Balaban J connectivity index is 2.22. The lowest BCUT2D eigenvalue weighted by Crippen LogP contribution is -2.20. The molecule has 5 heteroatoms. The van der Waals surface area contributed by atoms with Crippen molar-refractivity contribution >= 4 is 23.8 Å². The quantitative estimate of drug-likeness (QED) is 0.371. The summed E-state index contributed by atoms with van der Waals surface area (Å²) in [5, 5.41) is 8.74. The third-order valence-corrected chi connectivity index (χ3v) is 3.65. The van der Waals surface area contributed by atoms with Gasteiger partial charge in [0.05, 0.1) is 0 Å². The largest absolute Gasteiger partial charge is 0.350 e. The van der Waals surface area contributed by atoms with Crippen LogP contribution in [0.15, 0.2) is 54.2 Å². The molecule has 0 aliphatic carbocycles. The molecule has 1 aromatic heterocycles. The monoisotopic (exact) mass is 324 g/mol. The first kappa shape index (κ1) is 17.4. The van der Waals surface area contributed by atoms with Crippen LogP contribution in [0.4, 0.5) is 0 Å². The zero-order chi connectivity index (χ0) is 17.5. The van der Waals surface area contributed by atoms with Gasteiger partial charge in [-0.25, -0.2) is 5.48 Å². The van der Waals surface area contributed by atoms with Gasteiger partial charge >= 0.3 is 0 Å². The maximum Gasteiger partial charge on any atom is 0.270 e. The Kier molecular flexibility index (Phi) is 5.87. The summed E-state index contributed by atoms with van der Waals surface area (Å²) >= 11 is 0. The molecular weight excluding hydrogens is 304 g/mol. The van der Waals surface area contributed by atoms with Crippen molar-refractivity contribution in [2.24, 2.45) is 7.05 Å². The Morgan fingerprint density at radius 1 is 1.25 bits per heavy atom. The zero-order valence-corrected chi connectivity index (χ0v) is 13.7. The average molecular weight is 324 g/mol. The van der Waals surface area contributed by atoms with Crippen LogP contribution in [0, 0.1) is 0 Å². The SMILES string of the molecule is CC/C(=C\c1cc(C(=O)/C=C/c2ccccc2)cn1C)C(=O)NO. The van der Waals surface area contributed by atoms with Gasteiger partial charge in [0, 0.05) is 30.1 Å². The van der Waals surface area contributed by atoms with Gasteiger partial charge in [-0.1, -0.05) is 43.3 Å². The molecule has 0 unspecified atom stereocenters. The summed E-state index contributed by atoms with van der Waals surface area (Å²) in [7, 11) is 1.80. The summed E-state index contributed by atoms with van der Waals surface area (Å²) in [6, 6.07) is 11.3. The molecule has 0 spiro atoms. The molecule has 0 saturated carbocycles. The van der Waals surface area contributed by atoms with Gasteiger partial charge in [0.2, 0.25) is 0 Å². The number of rotatable bonds is 6. The predicted molar refractivity (Wildman–Crippen MR) is 93.4 cm³/mol. The average Bonchev–Trinajstić information content (AvgIpc) is 2.98. The van der Waals surface area contributed by atoms with Crippen molar-refractivity contribution in [2.45, 2.75) is 13.3 Å². The number of hydrogen-bond acceptors (Lipinski definition) is 3. The number of hydrogen-bond donors (Lipinski definition) is 2. The summed E-state index contributed by atoms with van der Waals surface area (Å²) in [5.41, 5.74) is 4.26. The van der Waals surface area contributed by atoms with Crippen LogP contribution in [0.3, 0.4) is 0 Å². The second-order valence-electron chi connectivity index (χ2n) is 5.34. The second kappa shape index (κ2) is 8.08. The summed E-state index contributed by atoms with van der Waals surface area (Å²) < 4.78 is 1.77. The lowest BCUT2D eigenvalue weighted by Gasteiger charge is -2.02. The Labute approximate surface area is 140 Å². The molecule has 0 atom stereocenters. The number of aromatic nitrogens is 1. The van der Waals surface area contributed by atoms with Gasteiger partial charge in [-0.05, 0) is 30.2 Å². The fourth-order valence-electron chi connectivity index (χ4n) is 2.27. The van der Waals surface area contributed by atoms with Crippen LogP contribution >= 0.6 is 0 Å². The fourth-order valence-corrected chi connectivity index (χ4v) is 2.27. The summed E-state index contributed by atoms with van der Waals surface area (Å²) in [6.45, 7) is 1.82. The molecule has 5 nitrogen and oxygen atoms in total. The maximum atomic E-state index is 12.3. The number of allylic oxidation sites excluding steroid dienone is 1. The highest BCUT2D eigenvalue weighted by molar-refractivity contribution is 6.07. The minimum atomic E-state index is -0.546. The minimum absolute atomic E-state index is 0.112. The van der Waals surface area contributed by atoms with E-state index in [0.717, 1.165) is 5.56 Å². The summed E-state index contributed by atoms with van der Waals surface area (Å²) in [6.07, 6.45) is 7.13. The van der Waals surface area contributed by atoms with Gasteiger partial charge in [0.25, 0.3) is 5.91 Å². The van der Waals surface area contributed by atoms with Gasteiger partial charge in [0.1, 0.15) is 0 Å². The Bertz CT molecular complexity index is 786. The van der Waals surface area contributed by atoms with Crippen LogP contribution < -0.4 is 5.48 Å². The molecule has 2 rings (SSSR count). The number of amides is 1. The van der Waals surface area contributed by atoms with E-state index in [4.69, 9.17) is 5.21 Å². The molecule has 1 heterocycles. The third kappa shape index (κ3) is 4.30. The first-order chi connectivity index (χ1) is 11.5. The number of nitrogens with one attached hydrogen (secondary N) is 1. The van der Waals surface area contributed by atoms with E-state index >= 15 is 0 Å². The molecule has 0 saturated heterocycles. The van der Waals surface area contributed by atoms with Crippen LogP contribution in [0.2, 0.25) is 0 Å². The van der Waals surface area contributed by atoms with Gasteiger partial charge in [-0.15, -0.1) is 0 Å². The van der Waals surface area contributed by atoms with Crippen LogP contribution in [0.25, 0.3) is 12.2 Å². The molecule has 24 heavy (non-hydrogen) atoms. The van der Waals surface area contributed by atoms with Gasteiger partial charge in [-0.2, -0.15) is 0 Å². The maximum absolute atomic E-state index is 12.3. The van der Waals surface area contributed by atoms with E-state index in [1.807, 2.05) is 37.3 Å². The van der Waals surface area contributed by atoms with Gasteiger partial charge in [-0.3, -0.25) is 14.8 Å². The highest BCUT2D eigenvalue weighted by atomic mass is 16.5. The number of benzene rings is 1. The summed E-state index contributed by atoms with van der Waals surface area (Å²) in [5.74, 6) is -0.658. The van der Waals surface area contributed by atoms with Crippen LogP contribution in [-0.2, 0) is 11.8 Å². The molecule has 2 N–H and O–H groups in total. The molecule has 0 aliphatic heterocycles. The lowest BCUT2D eigenvalue weighted by molar-refractivity contribution is -0.125. The van der Waals surface area contributed by atoms with Crippen molar-refractivity contribution in [3.63, 3.8) is 0 Å². The van der Waals surface area contributed by atoms with Crippen LogP contribution in [0.5, 0.6) is 0 Å². The molecule has 124 valence electrons. The second-order valence-corrected chi connectivity index (χ2v) is 5.34. The van der Waals surface area contributed by atoms with Crippen molar-refractivity contribution in [1.29, 1.82) is 0 Å². The first-order valence-corrected chi connectivity index (χ1v) is 7.64. The standard InChI is InChI=1S/C19H20N2O3/c1-3-15(19(23)20-24)11-17-12-16(13-21(17)2)18(22)10-9-14-7-5-4-6-8-14/h4-13,24H,3H2,1-2H3,(H,20,23)/b10-9+,15-11+. The van der Waals surface area contributed by atoms with E-state index < -0.39 is 5.91 Å². The van der Waals surface area contributed by atoms with Crippen molar-refractivity contribution < 1.29 is 14.8 Å². The van der Waals surface area contributed by atoms with E-state index in [1.165, 1.54) is 6.08 Å². The van der Waals surface area contributed by atoms with E-state index in [1.54, 1.807) is 41.5 Å². The number of nitrogens with zero attached hydrogens (tertiary/aromatic N) is 1. The number of hydroxylamine groups is 1. The lowest BCUT2D eigenvalue weighted by atomic mass is 10.1. The Hall–Kier alpha value is -2.92. The van der Waals surface area contributed by atoms with E-state index in [-0.39, 0.29) is 5.78 Å². The molecule has 2 aromatic rings. The zero-order valence-electron chi connectivity index (χ0n) is 13.7. The third-order valence-electron chi connectivity index (χ3n) is 3.65. The van der Waals surface area contributed by atoms with Gasteiger partial charge < -0.3 is 4.57 Å². The molecule has 1 amide bonds. The number of carbonyl (C=O) groups is 2. The van der Waals surface area contributed by atoms with E-state index in [2.05, 4.69) is 0 Å². The fraction of sp³-hybridized carbons (Fsp3) is 0.158. The van der Waals surface area contributed by atoms with Crippen LogP contribution in [-0.4, -0.2) is 21.5 Å². The molecule has 0 radical (unpaired) electrons. The number of ketones is 1. The van der Waals surface area contributed by atoms with Crippen molar-refractivity contribution in [3.05, 3.63) is 71.1 Å². The molecular formula is C19H20N2O3. The van der Waals surface area contributed by atoms with E-state index in [0.29, 0.717) is 23.3 Å². The highest BCUT2D eigenvalue weighted by Gasteiger charge is 2.10. The van der Waals surface area contributed by atoms with Gasteiger partial charge in [0.15, 0.2) is 5.78 Å². The number of carbonyl (C=O) groups excluding carboxylic acids is 2. The van der Waals surface area contributed by atoms with Crippen molar-refractivity contribution in [2.75, 3.05) is 0 Å². The molecule has 0 fully saturated rings. The van der Waals surface area contributed by atoms with Crippen LogP contribution in [0.1, 0.15) is 35.0 Å². The smallest absolute Gasteiger partial charge is 0.270 e. The number of aryl methyl sites for hydroxylation is 1. The molecule has 0 aliphatic rings. The molecule has 0 bridgehead atoms. The van der Waals surface area contributed by atoms with E-state index in [9.17, 15) is 9.59 Å². The first-order valence-electron chi connectivity index (χ1n) is 7.64. The van der Waals surface area contributed by atoms with Crippen molar-refractivity contribution in [3.8, 4) is 0 Å². The van der Waals surface area contributed by atoms with Crippen molar-refractivity contribution in [1.82, 2.24) is 10.0 Å². The Morgan fingerprint density at radius 3 is 2.58 bits per heavy atom. The molecule has 1 aromatic carbocycles. The Morgan fingerprint density at radius 2 is 1.96 bits per heavy atom.